The number of hydrogen-bond donors (Lipinski definition) is 0. The third kappa shape index (κ3) is 2.15. The van der Waals surface area contributed by atoms with Crippen molar-refractivity contribution in [1.29, 1.82) is 0 Å². The Morgan fingerprint density at radius 2 is 1.74 bits per heavy atom. The molecule has 0 aliphatic heterocycles. The summed E-state index contributed by atoms with van der Waals surface area (Å²) in [5, 5.41) is 10.7. The number of nitrogens with zero attached hydrogens (tertiary/aromatic N) is 1. The van der Waals surface area contributed by atoms with Crippen LogP contribution < -0.4 is 0 Å². The Labute approximate surface area is 111 Å². The number of hydrogen-bond acceptors (Lipinski definition) is 2. The Hall–Kier alpha value is -2.42. The molecule has 0 fully saturated rings. The molecule has 0 radical (unpaired) electrons. The molecule has 3 rings (SSSR count). The molecule has 3 heteroatoms. The van der Waals surface area contributed by atoms with Crippen molar-refractivity contribution in [2.45, 2.75) is 12.8 Å². The fourth-order valence-corrected chi connectivity index (χ4v) is 2.52. The van der Waals surface area contributed by atoms with Crippen molar-refractivity contribution < 1.29 is 4.92 Å². The third-order valence-corrected chi connectivity index (χ3v) is 3.46. The second kappa shape index (κ2) is 4.69. The standard InChI is InChI=1S/C16H13NO2/c18-17(19)14-10-8-13(9-11-14)16-7-3-5-12-4-1-2-6-15(12)16/h1-2,4,6-11H,3,5H2. The fraction of sp³-hybridized carbons (Fsp3) is 0.125. The van der Waals surface area contributed by atoms with Gasteiger partial charge in [0.25, 0.3) is 5.69 Å². The van der Waals surface area contributed by atoms with Gasteiger partial charge in [-0.25, -0.2) is 0 Å². The molecule has 94 valence electrons. The van der Waals surface area contributed by atoms with E-state index in [4.69, 9.17) is 0 Å². The van der Waals surface area contributed by atoms with E-state index in [-0.39, 0.29) is 10.6 Å². The van der Waals surface area contributed by atoms with Crippen molar-refractivity contribution in [3.05, 3.63) is 81.4 Å². The van der Waals surface area contributed by atoms with Gasteiger partial charge in [-0.3, -0.25) is 10.1 Å². The molecule has 1 aliphatic carbocycles. The number of nitro groups is 1. The van der Waals surface area contributed by atoms with E-state index in [0.717, 1.165) is 18.4 Å². The predicted molar refractivity (Wildman–Crippen MR) is 74.9 cm³/mol. The Kier molecular flexibility index (Phi) is 2.88. The summed E-state index contributed by atoms with van der Waals surface area (Å²) in [7, 11) is 0. The molecule has 0 bridgehead atoms. The normalized spacial score (nSPS) is 13.6. The maximum absolute atomic E-state index is 10.7. The van der Waals surface area contributed by atoms with Crippen LogP contribution in [0.4, 0.5) is 5.69 Å². The topological polar surface area (TPSA) is 43.1 Å². The molecule has 0 amide bonds. The van der Waals surface area contributed by atoms with Crippen molar-refractivity contribution >= 4 is 11.3 Å². The second-order valence-electron chi connectivity index (χ2n) is 4.62. The van der Waals surface area contributed by atoms with E-state index in [1.165, 1.54) is 16.7 Å². The first-order chi connectivity index (χ1) is 9.25. The average molecular weight is 251 g/mol. The summed E-state index contributed by atoms with van der Waals surface area (Å²) in [6, 6.07) is 15.1. The Balaban J connectivity index is 2.03. The van der Waals surface area contributed by atoms with Crippen LogP contribution in [0.5, 0.6) is 0 Å². The van der Waals surface area contributed by atoms with Gasteiger partial charge in [-0.2, -0.15) is 0 Å². The molecule has 0 heterocycles. The Bertz CT molecular complexity index is 657. The van der Waals surface area contributed by atoms with E-state index in [2.05, 4.69) is 24.3 Å². The first-order valence-corrected chi connectivity index (χ1v) is 6.29. The molecule has 0 N–H and O–H groups in total. The van der Waals surface area contributed by atoms with E-state index in [9.17, 15) is 10.1 Å². The highest BCUT2D eigenvalue weighted by Crippen LogP contribution is 2.32. The SMILES string of the molecule is O=[N+]([O-])c1ccc(C2=CCCc3ccccc32)cc1. The van der Waals surface area contributed by atoms with Gasteiger partial charge >= 0.3 is 0 Å². The summed E-state index contributed by atoms with van der Waals surface area (Å²) in [6.07, 6.45) is 4.29. The van der Waals surface area contributed by atoms with Crippen molar-refractivity contribution in [2.75, 3.05) is 0 Å². The molecule has 0 spiro atoms. The predicted octanol–water partition coefficient (Wildman–Crippen LogP) is 3.97. The lowest BCUT2D eigenvalue weighted by Gasteiger charge is -2.17. The monoisotopic (exact) mass is 251 g/mol. The van der Waals surface area contributed by atoms with Gasteiger partial charge in [-0.15, -0.1) is 0 Å². The number of nitro benzene ring substituents is 1. The van der Waals surface area contributed by atoms with Crippen molar-refractivity contribution in [3.8, 4) is 0 Å². The molecular weight excluding hydrogens is 238 g/mol. The molecule has 19 heavy (non-hydrogen) atoms. The molecule has 2 aromatic rings. The van der Waals surface area contributed by atoms with E-state index < -0.39 is 0 Å². The molecule has 0 aromatic heterocycles. The van der Waals surface area contributed by atoms with Crippen LogP contribution in [0.2, 0.25) is 0 Å². The number of allylic oxidation sites excluding steroid dienone is 1. The van der Waals surface area contributed by atoms with Crippen LogP contribution in [0.3, 0.4) is 0 Å². The minimum atomic E-state index is -0.368. The van der Waals surface area contributed by atoms with Crippen LogP contribution in [0.25, 0.3) is 5.57 Å². The second-order valence-corrected chi connectivity index (χ2v) is 4.62. The number of rotatable bonds is 2. The molecule has 2 aromatic carbocycles. The summed E-state index contributed by atoms with van der Waals surface area (Å²) in [4.78, 5) is 10.3. The quantitative estimate of drug-likeness (QED) is 0.598. The minimum Gasteiger partial charge on any atom is -0.258 e. The summed E-state index contributed by atoms with van der Waals surface area (Å²) in [5.41, 5.74) is 4.93. The molecule has 0 unspecified atom stereocenters. The van der Waals surface area contributed by atoms with Crippen LogP contribution in [-0.2, 0) is 6.42 Å². The number of fused-ring (bicyclic) bond motifs is 1. The van der Waals surface area contributed by atoms with E-state index in [1.54, 1.807) is 12.1 Å². The van der Waals surface area contributed by atoms with E-state index in [1.807, 2.05) is 18.2 Å². The van der Waals surface area contributed by atoms with Crippen LogP contribution in [0.15, 0.2) is 54.6 Å². The fourth-order valence-electron chi connectivity index (χ4n) is 2.52. The Morgan fingerprint density at radius 3 is 2.47 bits per heavy atom. The highest BCUT2D eigenvalue weighted by molar-refractivity contribution is 5.82. The molecule has 0 atom stereocenters. The van der Waals surface area contributed by atoms with Gasteiger partial charge in [-0.1, -0.05) is 30.3 Å². The first-order valence-electron chi connectivity index (χ1n) is 6.29. The zero-order valence-electron chi connectivity index (χ0n) is 10.4. The Morgan fingerprint density at radius 1 is 1.00 bits per heavy atom. The molecular formula is C16H13NO2. The zero-order valence-corrected chi connectivity index (χ0v) is 10.4. The van der Waals surface area contributed by atoms with Crippen molar-refractivity contribution in [2.24, 2.45) is 0 Å². The van der Waals surface area contributed by atoms with Gasteiger partial charge in [0.15, 0.2) is 0 Å². The van der Waals surface area contributed by atoms with Gasteiger partial charge in [-0.05, 0) is 47.2 Å². The molecule has 1 aliphatic rings. The van der Waals surface area contributed by atoms with Gasteiger partial charge in [0.05, 0.1) is 4.92 Å². The molecule has 3 nitrogen and oxygen atoms in total. The zero-order chi connectivity index (χ0) is 13.2. The number of benzene rings is 2. The smallest absolute Gasteiger partial charge is 0.258 e. The summed E-state index contributed by atoms with van der Waals surface area (Å²) < 4.78 is 0. The van der Waals surface area contributed by atoms with Crippen LogP contribution in [-0.4, -0.2) is 4.92 Å². The highest BCUT2D eigenvalue weighted by Gasteiger charge is 2.14. The highest BCUT2D eigenvalue weighted by atomic mass is 16.6. The lowest BCUT2D eigenvalue weighted by molar-refractivity contribution is -0.384. The maximum atomic E-state index is 10.7. The van der Waals surface area contributed by atoms with Crippen LogP contribution in [0, 0.1) is 10.1 Å². The lowest BCUT2D eigenvalue weighted by atomic mass is 9.87. The van der Waals surface area contributed by atoms with Gasteiger partial charge < -0.3 is 0 Å². The maximum Gasteiger partial charge on any atom is 0.269 e. The number of non-ortho nitro benzene ring substituents is 1. The van der Waals surface area contributed by atoms with Gasteiger partial charge in [0.1, 0.15) is 0 Å². The van der Waals surface area contributed by atoms with Crippen LogP contribution >= 0.6 is 0 Å². The third-order valence-electron chi connectivity index (χ3n) is 3.46. The van der Waals surface area contributed by atoms with E-state index >= 15 is 0 Å². The molecule has 0 saturated carbocycles. The first kappa shape index (κ1) is 11.7. The molecule has 0 saturated heterocycles. The largest absolute Gasteiger partial charge is 0.269 e. The van der Waals surface area contributed by atoms with Gasteiger partial charge in [0.2, 0.25) is 0 Å². The summed E-state index contributed by atoms with van der Waals surface area (Å²) in [6.45, 7) is 0. The van der Waals surface area contributed by atoms with Crippen molar-refractivity contribution in [1.82, 2.24) is 0 Å². The van der Waals surface area contributed by atoms with Crippen LogP contribution in [0.1, 0.15) is 23.1 Å². The average Bonchev–Trinajstić information content (AvgIpc) is 2.47. The van der Waals surface area contributed by atoms with E-state index in [0.29, 0.717) is 0 Å². The van der Waals surface area contributed by atoms with Gasteiger partial charge in [0, 0.05) is 12.1 Å². The van der Waals surface area contributed by atoms with Crippen molar-refractivity contribution in [3.63, 3.8) is 0 Å². The minimum absolute atomic E-state index is 0.133. The summed E-state index contributed by atoms with van der Waals surface area (Å²) >= 11 is 0. The lowest BCUT2D eigenvalue weighted by Crippen LogP contribution is -2.00. The summed E-state index contributed by atoms with van der Waals surface area (Å²) in [5.74, 6) is 0. The number of aryl methyl sites for hydroxylation is 1.